The molecule has 1 fully saturated rings. The summed E-state index contributed by atoms with van der Waals surface area (Å²) in [5, 5.41) is 2.51. The van der Waals surface area contributed by atoms with Crippen LogP contribution in [0, 0.1) is 11.6 Å². The van der Waals surface area contributed by atoms with E-state index >= 15 is 0 Å². The number of rotatable bonds is 4. The number of aryl methyl sites for hydroxylation is 1. The van der Waals surface area contributed by atoms with Crippen molar-refractivity contribution in [2.24, 2.45) is 0 Å². The maximum atomic E-state index is 13.7. The van der Waals surface area contributed by atoms with Gasteiger partial charge in [-0.25, -0.2) is 13.6 Å². The van der Waals surface area contributed by atoms with Crippen LogP contribution in [0.25, 0.3) is 0 Å². The van der Waals surface area contributed by atoms with E-state index in [1.165, 1.54) is 18.6 Å². The van der Waals surface area contributed by atoms with Gasteiger partial charge in [0.25, 0.3) is 5.91 Å². The molecule has 31 heavy (non-hydrogen) atoms. The molecule has 4 amide bonds. The number of carbonyl (C=O) groups is 3. The number of likely N-dealkylation sites (N-methyl/N-ethyl adjacent to an activating group) is 1. The average molecular weight is 427 g/mol. The van der Waals surface area contributed by atoms with Crippen molar-refractivity contribution >= 4 is 17.8 Å². The SMILES string of the molecule is CN(C(=O)CN1C(=O)NC(C)(c2ccc(F)c(F)c2)C1=O)C1CCCc2ccccc21. The van der Waals surface area contributed by atoms with E-state index in [2.05, 4.69) is 5.32 Å². The minimum Gasteiger partial charge on any atom is -0.337 e. The van der Waals surface area contributed by atoms with E-state index in [4.69, 9.17) is 0 Å². The predicted octanol–water partition coefficient (Wildman–Crippen LogP) is 3.27. The van der Waals surface area contributed by atoms with E-state index in [9.17, 15) is 23.2 Å². The summed E-state index contributed by atoms with van der Waals surface area (Å²) in [4.78, 5) is 40.9. The van der Waals surface area contributed by atoms with Gasteiger partial charge in [-0.05, 0) is 55.0 Å². The Kier molecular flexibility index (Phi) is 5.24. The molecule has 2 aromatic rings. The topological polar surface area (TPSA) is 69.7 Å². The zero-order chi connectivity index (χ0) is 22.3. The van der Waals surface area contributed by atoms with Crippen molar-refractivity contribution in [1.82, 2.24) is 15.1 Å². The van der Waals surface area contributed by atoms with E-state index < -0.39 is 35.7 Å². The molecule has 0 saturated carbocycles. The van der Waals surface area contributed by atoms with E-state index in [-0.39, 0.29) is 17.5 Å². The summed E-state index contributed by atoms with van der Waals surface area (Å²) < 4.78 is 27.0. The summed E-state index contributed by atoms with van der Waals surface area (Å²) in [6.07, 6.45) is 2.69. The number of amides is 4. The Bertz CT molecular complexity index is 1070. The Hall–Kier alpha value is -3.29. The number of fused-ring (bicyclic) bond motifs is 1. The molecule has 0 aromatic heterocycles. The molecule has 0 spiro atoms. The maximum absolute atomic E-state index is 13.7. The third-order valence-corrected chi connectivity index (χ3v) is 6.26. The highest BCUT2D eigenvalue weighted by molar-refractivity contribution is 6.09. The van der Waals surface area contributed by atoms with Crippen molar-refractivity contribution in [1.29, 1.82) is 0 Å². The van der Waals surface area contributed by atoms with E-state index in [1.54, 1.807) is 11.9 Å². The van der Waals surface area contributed by atoms with Gasteiger partial charge < -0.3 is 10.2 Å². The van der Waals surface area contributed by atoms with E-state index in [1.807, 2.05) is 24.3 Å². The zero-order valence-electron chi connectivity index (χ0n) is 17.3. The summed E-state index contributed by atoms with van der Waals surface area (Å²) in [6, 6.07) is 10.1. The molecule has 1 aliphatic carbocycles. The molecular formula is C23H23F2N3O3. The number of hydrogen-bond acceptors (Lipinski definition) is 3. The molecule has 6 nitrogen and oxygen atoms in total. The molecule has 8 heteroatoms. The van der Waals surface area contributed by atoms with Crippen LogP contribution in [0.5, 0.6) is 0 Å². The number of nitrogens with one attached hydrogen (secondary N) is 1. The van der Waals surface area contributed by atoms with E-state index in [0.717, 1.165) is 41.9 Å². The van der Waals surface area contributed by atoms with Crippen molar-refractivity contribution in [3.05, 3.63) is 70.8 Å². The molecule has 2 aromatic carbocycles. The number of carbonyl (C=O) groups excluding carboxylic acids is 3. The maximum Gasteiger partial charge on any atom is 0.325 e. The van der Waals surface area contributed by atoms with Crippen LogP contribution in [-0.4, -0.2) is 41.2 Å². The standard InChI is InChI=1S/C23H23F2N3O3/c1-23(15-10-11-17(24)18(25)12-15)21(30)28(22(31)26-23)13-20(29)27(2)19-9-5-7-14-6-3-4-8-16(14)19/h3-4,6,8,10-12,19H,5,7,9,13H2,1-2H3,(H,26,31). The van der Waals surface area contributed by atoms with Gasteiger partial charge in [-0.2, -0.15) is 0 Å². The summed E-state index contributed by atoms with van der Waals surface area (Å²) in [5.74, 6) is -3.23. The minimum atomic E-state index is -1.58. The first-order valence-electron chi connectivity index (χ1n) is 10.2. The summed E-state index contributed by atoms with van der Waals surface area (Å²) >= 11 is 0. The largest absolute Gasteiger partial charge is 0.337 e. The second-order valence-electron chi connectivity index (χ2n) is 8.19. The van der Waals surface area contributed by atoms with Crippen LogP contribution < -0.4 is 5.32 Å². The number of hydrogen-bond donors (Lipinski definition) is 1. The molecule has 2 atom stereocenters. The first-order chi connectivity index (χ1) is 14.7. The van der Waals surface area contributed by atoms with Gasteiger partial charge >= 0.3 is 6.03 Å². The molecule has 162 valence electrons. The summed E-state index contributed by atoms with van der Waals surface area (Å²) in [6.45, 7) is 0.977. The van der Waals surface area contributed by atoms with Crippen molar-refractivity contribution < 1.29 is 23.2 Å². The lowest BCUT2D eigenvalue weighted by atomic mass is 9.87. The highest BCUT2D eigenvalue weighted by Crippen LogP contribution is 2.34. The normalized spacial score (nSPS) is 22.8. The second kappa shape index (κ2) is 7.76. The van der Waals surface area contributed by atoms with Gasteiger partial charge in [0.05, 0.1) is 6.04 Å². The Morgan fingerprint density at radius 1 is 1.19 bits per heavy atom. The lowest BCUT2D eigenvalue weighted by Crippen LogP contribution is -2.44. The molecule has 2 unspecified atom stereocenters. The summed E-state index contributed by atoms with van der Waals surface area (Å²) in [7, 11) is 1.67. The van der Waals surface area contributed by atoms with E-state index in [0.29, 0.717) is 0 Å². The third-order valence-electron chi connectivity index (χ3n) is 6.26. The minimum absolute atomic E-state index is 0.106. The Morgan fingerprint density at radius 2 is 1.94 bits per heavy atom. The molecule has 1 N–H and O–H groups in total. The molecular weight excluding hydrogens is 404 g/mol. The number of halogens is 2. The molecule has 1 heterocycles. The second-order valence-corrected chi connectivity index (χ2v) is 8.19. The van der Waals surface area contributed by atoms with Gasteiger partial charge in [-0.15, -0.1) is 0 Å². The van der Waals surface area contributed by atoms with Gasteiger partial charge in [0, 0.05) is 7.05 Å². The van der Waals surface area contributed by atoms with Gasteiger partial charge in [0.2, 0.25) is 5.91 Å². The number of nitrogens with zero attached hydrogens (tertiary/aromatic N) is 2. The molecule has 4 rings (SSSR count). The van der Waals surface area contributed by atoms with Crippen molar-refractivity contribution in [2.45, 2.75) is 37.8 Å². The number of benzene rings is 2. The predicted molar refractivity (Wildman–Crippen MR) is 109 cm³/mol. The molecule has 2 aliphatic rings. The van der Waals surface area contributed by atoms with Crippen LogP contribution in [-0.2, 0) is 21.5 Å². The number of imide groups is 1. The van der Waals surface area contributed by atoms with Gasteiger partial charge in [-0.1, -0.05) is 30.3 Å². The monoisotopic (exact) mass is 427 g/mol. The van der Waals surface area contributed by atoms with Crippen LogP contribution in [0.4, 0.5) is 13.6 Å². The smallest absolute Gasteiger partial charge is 0.325 e. The highest BCUT2D eigenvalue weighted by atomic mass is 19.2. The first kappa shape index (κ1) is 21.0. The molecule has 0 radical (unpaired) electrons. The van der Waals surface area contributed by atoms with Crippen LogP contribution in [0.1, 0.15) is 42.5 Å². The fraction of sp³-hybridized carbons (Fsp3) is 0.348. The Labute approximate surface area is 178 Å². The quantitative estimate of drug-likeness (QED) is 0.762. The highest BCUT2D eigenvalue weighted by Gasteiger charge is 2.50. The van der Waals surface area contributed by atoms with Crippen LogP contribution in [0.3, 0.4) is 0 Å². The third kappa shape index (κ3) is 3.56. The summed E-state index contributed by atoms with van der Waals surface area (Å²) in [5.41, 5.74) is 0.795. The van der Waals surface area contributed by atoms with Gasteiger partial charge in [0.15, 0.2) is 11.6 Å². The number of urea groups is 1. The van der Waals surface area contributed by atoms with Gasteiger partial charge in [-0.3, -0.25) is 14.5 Å². The molecule has 1 aliphatic heterocycles. The molecule has 0 bridgehead atoms. The zero-order valence-corrected chi connectivity index (χ0v) is 17.3. The van der Waals surface area contributed by atoms with Crippen LogP contribution >= 0.6 is 0 Å². The van der Waals surface area contributed by atoms with Crippen LogP contribution in [0.15, 0.2) is 42.5 Å². The fourth-order valence-corrected chi connectivity index (χ4v) is 4.39. The first-order valence-corrected chi connectivity index (χ1v) is 10.2. The van der Waals surface area contributed by atoms with Gasteiger partial charge in [0.1, 0.15) is 12.1 Å². The van der Waals surface area contributed by atoms with Crippen molar-refractivity contribution in [3.63, 3.8) is 0 Å². The average Bonchev–Trinajstić information content (AvgIpc) is 2.98. The Balaban J connectivity index is 1.53. The van der Waals surface area contributed by atoms with Crippen LogP contribution in [0.2, 0.25) is 0 Å². The van der Waals surface area contributed by atoms with Crippen molar-refractivity contribution in [2.75, 3.05) is 13.6 Å². The van der Waals surface area contributed by atoms with Crippen molar-refractivity contribution in [3.8, 4) is 0 Å². The fourth-order valence-electron chi connectivity index (χ4n) is 4.39. The molecule has 1 saturated heterocycles. The lowest BCUT2D eigenvalue weighted by molar-refractivity contribution is -0.139. The Morgan fingerprint density at radius 3 is 2.68 bits per heavy atom. The lowest BCUT2D eigenvalue weighted by Gasteiger charge is -2.34.